The first-order valence-electron chi connectivity index (χ1n) is 4.22. The number of halogens is 1. The van der Waals surface area contributed by atoms with Crippen LogP contribution in [0.15, 0.2) is 0 Å². The van der Waals surface area contributed by atoms with Crippen LogP contribution in [0.4, 0.5) is 0 Å². The van der Waals surface area contributed by atoms with Gasteiger partial charge in [0.2, 0.25) is 0 Å². The molecule has 1 aliphatic heterocycles. The van der Waals surface area contributed by atoms with E-state index >= 15 is 0 Å². The van der Waals surface area contributed by atoms with E-state index in [-0.39, 0.29) is 0 Å². The predicted molar refractivity (Wildman–Crippen MR) is 58.0 cm³/mol. The Kier molecular flexibility index (Phi) is 2.69. The highest BCUT2D eigenvalue weighted by Crippen LogP contribution is 2.37. The average molecular weight is 253 g/mol. The zero-order valence-electron chi connectivity index (χ0n) is 7.78. The van der Waals surface area contributed by atoms with E-state index in [4.69, 9.17) is 4.43 Å². The van der Waals surface area contributed by atoms with E-state index in [1.807, 2.05) is 0 Å². The molecule has 1 rings (SSSR count). The van der Waals surface area contributed by atoms with Crippen LogP contribution in [-0.4, -0.2) is 20.1 Å². The molecule has 0 amide bonds. The van der Waals surface area contributed by atoms with Gasteiger partial charge >= 0.3 is 0 Å². The van der Waals surface area contributed by atoms with Gasteiger partial charge in [-0.25, -0.2) is 0 Å². The first-order chi connectivity index (χ1) is 4.85. The second-order valence-electron chi connectivity index (χ2n) is 4.17. The first-order valence-corrected chi connectivity index (χ1v) is 13.1. The van der Waals surface area contributed by atoms with E-state index < -0.39 is 14.0 Å². The lowest BCUT2D eigenvalue weighted by Gasteiger charge is -2.43. The molecule has 0 saturated carbocycles. The van der Waals surface area contributed by atoms with E-state index in [2.05, 4.69) is 41.9 Å². The molecule has 1 saturated heterocycles. The first kappa shape index (κ1) is 9.96. The predicted octanol–water partition coefficient (Wildman–Crippen LogP) is 3.05. The third kappa shape index (κ3) is 1.97. The van der Waals surface area contributed by atoms with Gasteiger partial charge in [-0.1, -0.05) is 6.55 Å². The molecule has 1 heterocycles. The fraction of sp³-hybridized carbons (Fsp3) is 1.00. The van der Waals surface area contributed by atoms with Crippen molar-refractivity contribution in [2.24, 2.45) is 0 Å². The zero-order valence-corrected chi connectivity index (χ0v) is 11.4. The highest BCUT2D eigenvalue weighted by atomic mass is 79.9. The van der Waals surface area contributed by atoms with Gasteiger partial charge in [0.05, 0.1) is 0 Å². The highest BCUT2D eigenvalue weighted by molar-refractivity contribution is 9.27. The third-order valence-corrected chi connectivity index (χ3v) is 25.9. The van der Waals surface area contributed by atoms with Crippen molar-refractivity contribution in [3.8, 4) is 0 Å². The Balaban J connectivity index is 2.72. The molecule has 2 unspecified atom stereocenters. The Morgan fingerprint density at radius 2 is 1.91 bits per heavy atom. The molecule has 0 aromatic rings. The summed E-state index contributed by atoms with van der Waals surface area (Å²) in [4.78, 5) is 0. The Bertz CT molecular complexity index is 159. The molecule has 2 atom stereocenters. The van der Waals surface area contributed by atoms with Crippen molar-refractivity contribution in [2.75, 3.05) is 0 Å². The molecule has 0 N–H and O–H groups in total. The molecule has 1 nitrogen and oxygen atoms in total. The summed E-state index contributed by atoms with van der Waals surface area (Å²) in [6, 6.07) is 1.40. The number of hydrogen-bond donors (Lipinski definition) is 0. The molecule has 0 bridgehead atoms. The van der Waals surface area contributed by atoms with E-state index in [0.29, 0.717) is 6.10 Å². The zero-order chi connectivity index (χ0) is 8.70. The second-order valence-corrected chi connectivity index (χ2v) is 24.7. The second kappa shape index (κ2) is 2.98. The molecule has 4 heteroatoms. The Hall–Kier alpha value is 0.874. The Labute approximate surface area is 79.0 Å². The van der Waals surface area contributed by atoms with Gasteiger partial charge in [0, 0.05) is 6.10 Å². The summed E-state index contributed by atoms with van der Waals surface area (Å²) in [6.07, 6.45) is 0.633. The van der Waals surface area contributed by atoms with Gasteiger partial charge in [-0.2, -0.15) is 0 Å². The van der Waals surface area contributed by atoms with Crippen molar-refractivity contribution in [1.82, 2.24) is 0 Å². The van der Waals surface area contributed by atoms with Crippen LogP contribution in [0.25, 0.3) is 0 Å². The van der Waals surface area contributed by atoms with Crippen LogP contribution in [0.5, 0.6) is 0 Å². The van der Waals surface area contributed by atoms with Gasteiger partial charge in [0.25, 0.3) is 0 Å². The minimum Gasteiger partial charge on any atom is -0.416 e. The van der Waals surface area contributed by atoms with Crippen molar-refractivity contribution in [2.45, 2.75) is 45.1 Å². The van der Waals surface area contributed by atoms with Crippen molar-refractivity contribution >= 4 is 29.3 Å². The van der Waals surface area contributed by atoms with Crippen LogP contribution in [-0.2, 0) is 4.43 Å². The summed E-state index contributed by atoms with van der Waals surface area (Å²) in [5.74, 6) is 0. The van der Waals surface area contributed by atoms with Crippen LogP contribution >= 0.6 is 15.3 Å². The van der Waals surface area contributed by atoms with Gasteiger partial charge in [0.1, 0.15) is 6.21 Å². The average Bonchev–Trinajstić information content (AvgIpc) is 1.80. The maximum Gasteiger partial charge on any atom is 0.187 e. The fourth-order valence-corrected chi connectivity index (χ4v) is 9.49. The summed E-state index contributed by atoms with van der Waals surface area (Å²) in [5.41, 5.74) is 0. The monoisotopic (exact) mass is 252 g/mol. The topological polar surface area (TPSA) is 9.23 Å². The quantitative estimate of drug-likeness (QED) is 0.476. The lowest BCUT2D eigenvalue weighted by Crippen LogP contribution is -2.59. The minimum absolute atomic E-state index is 0.509. The summed E-state index contributed by atoms with van der Waals surface area (Å²) < 4.78 is 6.04. The summed E-state index contributed by atoms with van der Waals surface area (Å²) in [6.45, 7) is 9.31. The number of rotatable bonds is 0. The van der Waals surface area contributed by atoms with E-state index in [0.717, 1.165) is 0 Å². The third-order valence-electron chi connectivity index (χ3n) is 2.77. The normalized spacial score (nSPS) is 43.9. The molecule has 0 aromatic carbocycles. The minimum atomic E-state index is -1.33. The van der Waals surface area contributed by atoms with Crippen LogP contribution < -0.4 is 0 Å². The summed E-state index contributed by atoms with van der Waals surface area (Å²) in [7, 11) is -1.33. The molecule has 0 aliphatic carbocycles. The lowest BCUT2D eigenvalue weighted by atomic mass is 10.3. The number of hydrogen-bond acceptors (Lipinski definition) is 1. The van der Waals surface area contributed by atoms with Gasteiger partial charge in [-0.05, 0) is 32.5 Å². The molecule has 1 aliphatic rings. The maximum absolute atomic E-state index is 6.04. The SMILES string of the molecule is CC1CC[Si](C)(Br)[Si](C)(C)O1. The summed E-state index contributed by atoms with van der Waals surface area (Å²) in [5, 5.41) is 0. The van der Waals surface area contributed by atoms with E-state index in [9.17, 15) is 0 Å². The molecule has 0 aromatic heterocycles. The van der Waals surface area contributed by atoms with Gasteiger partial charge in [0.15, 0.2) is 7.83 Å². The molecular formula is C7H17BrOSi2. The Morgan fingerprint density at radius 3 is 2.27 bits per heavy atom. The smallest absolute Gasteiger partial charge is 0.187 e. The van der Waals surface area contributed by atoms with E-state index in [1.165, 1.54) is 12.5 Å². The Morgan fingerprint density at radius 1 is 1.36 bits per heavy atom. The van der Waals surface area contributed by atoms with Crippen molar-refractivity contribution in [1.29, 1.82) is 0 Å². The van der Waals surface area contributed by atoms with Crippen molar-refractivity contribution < 1.29 is 4.43 Å². The molecule has 0 spiro atoms. The molecular weight excluding hydrogens is 236 g/mol. The van der Waals surface area contributed by atoms with Crippen molar-refractivity contribution in [3.05, 3.63) is 0 Å². The highest BCUT2D eigenvalue weighted by Gasteiger charge is 2.48. The van der Waals surface area contributed by atoms with E-state index in [1.54, 1.807) is 0 Å². The van der Waals surface area contributed by atoms with Gasteiger partial charge in [-0.3, -0.25) is 0 Å². The molecule has 66 valence electrons. The molecule has 1 fully saturated rings. The van der Waals surface area contributed by atoms with Crippen LogP contribution in [0.2, 0.25) is 25.7 Å². The fourth-order valence-electron chi connectivity index (χ4n) is 1.46. The molecule has 11 heavy (non-hydrogen) atoms. The molecule has 0 radical (unpaired) electrons. The lowest BCUT2D eigenvalue weighted by molar-refractivity contribution is 0.207. The summed E-state index contributed by atoms with van der Waals surface area (Å²) >= 11 is 3.92. The van der Waals surface area contributed by atoms with Crippen LogP contribution in [0, 0.1) is 0 Å². The van der Waals surface area contributed by atoms with Crippen molar-refractivity contribution in [3.63, 3.8) is 0 Å². The largest absolute Gasteiger partial charge is 0.416 e. The maximum atomic E-state index is 6.04. The van der Waals surface area contributed by atoms with Gasteiger partial charge in [-0.15, -0.1) is 15.3 Å². The van der Waals surface area contributed by atoms with Gasteiger partial charge < -0.3 is 4.43 Å². The standard InChI is InChI=1S/C7H17BrOSi2/c1-7-5-6-11(4,8)10(2,3)9-7/h7H,5-6H2,1-4H3. The van der Waals surface area contributed by atoms with Crippen LogP contribution in [0.1, 0.15) is 13.3 Å². The van der Waals surface area contributed by atoms with Crippen LogP contribution in [0.3, 0.4) is 0 Å².